The normalized spacial score (nSPS) is 17.1. The third-order valence-electron chi connectivity index (χ3n) is 5.89. The van der Waals surface area contributed by atoms with Crippen molar-refractivity contribution in [1.29, 1.82) is 0 Å². The number of carbonyl (C=O) groups is 1. The molecule has 1 fully saturated rings. The maximum atomic E-state index is 13.8. The van der Waals surface area contributed by atoms with E-state index in [-0.39, 0.29) is 31.2 Å². The van der Waals surface area contributed by atoms with Gasteiger partial charge in [0, 0.05) is 37.8 Å². The lowest BCUT2D eigenvalue weighted by molar-refractivity contribution is -0.137. The van der Waals surface area contributed by atoms with Crippen molar-refractivity contribution in [3.8, 4) is 0 Å². The van der Waals surface area contributed by atoms with Crippen molar-refractivity contribution in [2.75, 3.05) is 16.8 Å². The van der Waals surface area contributed by atoms with Gasteiger partial charge in [0.2, 0.25) is 5.92 Å². The van der Waals surface area contributed by atoms with Crippen LogP contribution in [-0.4, -0.2) is 39.6 Å². The lowest BCUT2D eigenvalue weighted by atomic mass is 9.90. The van der Waals surface area contributed by atoms with Crippen molar-refractivity contribution in [1.82, 2.24) is 9.97 Å². The Morgan fingerprint density at radius 2 is 1.94 bits per heavy atom. The Labute approximate surface area is 198 Å². The Hall–Kier alpha value is -2.48. The summed E-state index contributed by atoms with van der Waals surface area (Å²) in [5, 5.41) is 13.0. The maximum absolute atomic E-state index is 13.8. The standard InChI is InChI=1S/C24H31ClF2N4O2/c1-15(2)14-31(19-6-8-24(26,27)9-7-19)23-20(30-21-5-4-18(25)13-28-21)11-17(12-29-23)16(3)10-22(32)33/h4-5,11-13,15-16,19H,6-10,14H2,1-3H3,(H,28,30)(H,32,33)/t16-/m1/s1. The molecule has 33 heavy (non-hydrogen) atoms. The fraction of sp³-hybridized carbons (Fsp3) is 0.542. The molecule has 2 N–H and O–H groups in total. The van der Waals surface area contributed by atoms with E-state index in [9.17, 15) is 18.7 Å². The van der Waals surface area contributed by atoms with Crippen LogP contribution in [0.3, 0.4) is 0 Å². The van der Waals surface area contributed by atoms with Crippen molar-refractivity contribution in [2.24, 2.45) is 5.92 Å². The number of halogens is 3. The van der Waals surface area contributed by atoms with Gasteiger partial charge < -0.3 is 15.3 Å². The number of anilines is 3. The number of aliphatic carboxylic acids is 1. The van der Waals surface area contributed by atoms with E-state index in [4.69, 9.17) is 16.6 Å². The second-order valence-corrected chi connectivity index (χ2v) is 9.70. The first kappa shape index (κ1) is 25.1. The van der Waals surface area contributed by atoms with Gasteiger partial charge in [-0.05, 0) is 48.4 Å². The summed E-state index contributed by atoms with van der Waals surface area (Å²) in [6.45, 7) is 6.67. The minimum absolute atomic E-state index is 0.0208. The number of carboxylic acid groups (broad SMARTS) is 1. The van der Waals surface area contributed by atoms with Gasteiger partial charge in [0.15, 0.2) is 5.82 Å². The second kappa shape index (κ2) is 10.6. The van der Waals surface area contributed by atoms with Crippen molar-refractivity contribution < 1.29 is 18.7 Å². The minimum atomic E-state index is -2.61. The van der Waals surface area contributed by atoms with E-state index in [0.717, 1.165) is 5.56 Å². The minimum Gasteiger partial charge on any atom is -0.481 e. The van der Waals surface area contributed by atoms with Crippen molar-refractivity contribution in [3.63, 3.8) is 0 Å². The summed E-state index contributed by atoms with van der Waals surface area (Å²) < 4.78 is 27.7. The van der Waals surface area contributed by atoms with Crippen LogP contribution in [0.25, 0.3) is 0 Å². The smallest absolute Gasteiger partial charge is 0.303 e. The van der Waals surface area contributed by atoms with Crippen molar-refractivity contribution in [3.05, 3.63) is 41.2 Å². The molecule has 1 atom stereocenters. The van der Waals surface area contributed by atoms with Gasteiger partial charge in [-0.2, -0.15) is 0 Å². The molecule has 0 saturated heterocycles. The molecule has 0 bridgehead atoms. The van der Waals surface area contributed by atoms with E-state index in [2.05, 4.69) is 29.0 Å². The van der Waals surface area contributed by atoms with E-state index in [1.165, 1.54) is 6.20 Å². The quantitative estimate of drug-likeness (QED) is 0.427. The van der Waals surface area contributed by atoms with Gasteiger partial charge >= 0.3 is 5.97 Å². The number of nitrogens with zero attached hydrogens (tertiary/aromatic N) is 3. The van der Waals surface area contributed by atoms with Crippen molar-refractivity contribution >= 4 is 34.9 Å². The predicted octanol–water partition coefficient (Wildman–Crippen LogP) is 6.49. The van der Waals surface area contributed by atoms with Gasteiger partial charge in [-0.3, -0.25) is 4.79 Å². The molecule has 0 aromatic carbocycles. The van der Waals surface area contributed by atoms with E-state index in [0.29, 0.717) is 47.7 Å². The fourth-order valence-electron chi connectivity index (χ4n) is 4.17. The summed E-state index contributed by atoms with van der Waals surface area (Å²) in [5.41, 5.74) is 1.44. The van der Waals surface area contributed by atoms with Gasteiger partial charge in [-0.25, -0.2) is 18.7 Å². The molecular formula is C24H31ClF2N4O2. The van der Waals surface area contributed by atoms with Crippen LogP contribution >= 0.6 is 11.6 Å². The number of nitrogens with one attached hydrogen (secondary N) is 1. The van der Waals surface area contributed by atoms with Crippen LogP contribution in [-0.2, 0) is 4.79 Å². The van der Waals surface area contributed by atoms with Crippen molar-refractivity contribution in [2.45, 2.75) is 70.8 Å². The molecule has 1 aliphatic rings. The highest BCUT2D eigenvalue weighted by molar-refractivity contribution is 6.30. The third kappa shape index (κ3) is 7.00. The van der Waals surface area contributed by atoms with E-state index < -0.39 is 11.9 Å². The molecule has 1 saturated carbocycles. The van der Waals surface area contributed by atoms with Gasteiger partial charge in [-0.15, -0.1) is 0 Å². The molecule has 9 heteroatoms. The molecule has 2 aromatic heterocycles. The first-order chi connectivity index (χ1) is 15.5. The number of pyridine rings is 2. The zero-order chi connectivity index (χ0) is 24.2. The van der Waals surface area contributed by atoms with E-state index in [1.807, 2.05) is 13.0 Å². The van der Waals surface area contributed by atoms with Crippen LogP contribution in [0, 0.1) is 5.92 Å². The lowest BCUT2D eigenvalue weighted by Crippen LogP contribution is -2.43. The number of aromatic nitrogens is 2. The monoisotopic (exact) mass is 480 g/mol. The predicted molar refractivity (Wildman–Crippen MR) is 127 cm³/mol. The fourth-order valence-corrected chi connectivity index (χ4v) is 4.28. The molecule has 0 spiro atoms. The highest BCUT2D eigenvalue weighted by Gasteiger charge is 2.38. The first-order valence-corrected chi connectivity index (χ1v) is 11.7. The van der Waals surface area contributed by atoms with Gasteiger partial charge in [0.05, 0.1) is 17.1 Å². The zero-order valence-electron chi connectivity index (χ0n) is 19.2. The van der Waals surface area contributed by atoms with Crippen LogP contribution in [0.4, 0.5) is 26.1 Å². The van der Waals surface area contributed by atoms with Gasteiger partial charge in [0.1, 0.15) is 5.82 Å². The summed E-state index contributed by atoms with van der Waals surface area (Å²) in [4.78, 5) is 22.4. The molecule has 0 radical (unpaired) electrons. The van der Waals surface area contributed by atoms with Gasteiger partial charge in [0.25, 0.3) is 0 Å². The second-order valence-electron chi connectivity index (χ2n) is 9.26. The number of carboxylic acids is 1. The average Bonchev–Trinajstić information content (AvgIpc) is 2.73. The van der Waals surface area contributed by atoms with Crippen LogP contribution in [0.2, 0.25) is 5.02 Å². The number of hydrogen-bond donors (Lipinski definition) is 2. The lowest BCUT2D eigenvalue weighted by Gasteiger charge is -2.39. The summed E-state index contributed by atoms with van der Waals surface area (Å²) in [6, 6.07) is 5.29. The Morgan fingerprint density at radius 3 is 2.52 bits per heavy atom. The number of hydrogen-bond acceptors (Lipinski definition) is 5. The van der Waals surface area contributed by atoms with Crippen LogP contribution in [0.1, 0.15) is 64.4 Å². The zero-order valence-corrected chi connectivity index (χ0v) is 19.9. The molecule has 6 nitrogen and oxygen atoms in total. The Bertz CT molecular complexity index is 946. The molecule has 2 aromatic rings. The van der Waals surface area contributed by atoms with Gasteiger partial charge in [-0.1, -0.05) is 32.4 Å². The molecule has 180 valence electrons. The number of rotatable bonds is 9. The summed E-state index contributed by atoms with van der Waals surface area (Å²) in [5.74, 6) is -2.23. The highest BCUT2D eigenvalue weighted by Crippen LogP contribution is 2.39. The Morgan fingerprint density at radius 1 is 1.24 bits per heavy atom. The highest BCUT2D eigenvalue weighted by atomic mass is 35.5. The Kier molecular flexibility index (Phi) is 8.10. The molecular weight excluding hydrogens is 450 g/mol. The summed E-state index contributed by atoms with van der Waals surface area (Å²) >= 11 is 5.97. The third-order valence-corrected chi connectivity index (χ3v) is 6.11. The first-order valence-electron chi connectivity index (χ1n) is 11.3. The molecule has 1 aliphatic carbocycles. The van der Waals surface area contributed by atoms with E-state index >= 15 is 0 Å². The summed E-state index contributed by atoms with van der Waals surface area (Å²) in [6.07, 6.45) is 3.70. The maximum Gasteiger partial charge on any atom is 0.303 e. The number of alkyl halides is 2. The SMILES string of the molecule is CC(C)CN(c1ncc([C@H](C)CC(=O)O)cc1Nc1ccc(Cl)cn1)C1CCC(F)(F)CC1. The topological polar surface area (TPSA) is 78.4 Å². The Balaban J connectivity index is 2.00. The molecule has 3 rings (SSSR count). The largest absolute Gasteiger partial charge is 0.481 e. The summed E-state index contributed by atoms with van der Waals surface area (Å²) in [7, 11) is 0. The molecule has 0 aliphatic heterocycles. The van der Waals surface area contributed by atoms with Crippen LogP contribution < -0.4 is 10.2 Å². The van der Waals surface area contributed by atoms with Crippen LogP contribution in [0.15, 0.2) is 30.6 Å². The average molecular weight is 481 g/mol. The molecule has 0 amide bonds. The van der Waals surface area contributed by atoms with Crippen LogP contribution in [0.5, 0.6) is 0 Å². The molecule has 0 unspecified atom stereocenters. The van der Waals surface area contributed by atoms with E-state index in [1.54, 1.807) is 18.3 Å². The molecule has 2 heterocycles.